The SMILES string of the molecule is CCC(C)(C)c1cc(N(c2ccccc2)c2ccccc2)c2cccc(N(c3ccccc3)c3ccc4ccc(N(c5ccccc5)c5cccc6c(N(c7ccccc7)c7ccccc7)cc(C(C)(C)CC)cc56)cc4c3)c2c1. The summed E-state index contributed by atoms with van der Waals surface area (Å²) in [7, 11) is 0. The molecular formula is C76H68N4. The van der Waals surface area contributed by atoms with Gasteiger partial charge in [-0.25, -0.2) is 0 Å². The molecule has 0 unspecified atom stereocenters. The van der Waals surface area contributed by atoms with Gasteiger partial charge in [0, 0.05) is 67.0 Å². The van der Waals surface area contributed by atoms with E-state index in [0.717, 1.165) is 86.5 Å². The average Bonchev–Trinajstić information content (AvgIpc) is 3.71. The van der Waals surface area contributed by atoms with Gasteiger partial charge in [0.15, 0.2) is 0 Å². The van der Waals surface area contributed by atoms with Crippen molar-refractivity contribution < 1.29 is 0 Å². The molecule has 0 aliphatic heterocycles. The average molecular weight is 1040 g/mol. The van der Waals surface area contributed by atoms with Crippen molar-refractivity contribution in [2.45, 2.75) is 65.2 Å². The van der Waals surface area contributed by atoms with Crippen LogP contribution in [0.15, 0.2) is 279 Å². The van der Waals surface area contributed by atoms with Crippen molar-refractivity contribution in [2.24, 2.45) is 0 Å². The zero-order chi connectivity index (χ0) is 54.8. The third-order valence-corrected chi connectivity index (χ3v) is 16.6. The molecule has 0 aromatic heterocycles. The van der Waals surface area contributed by atoms with Crippen molar-refractivity contribution in [3.05, 3.63) is 290 Å². The minimum atomic E-state index is -0.0980. The number of fused-ring (bicyclic) bond motifs is 3. The Morgan fingerprint density at radius 1 is 0.237 bits per heavy atom. The van der Waals surface area contributed by atoms with Crippen molar-refractivity contribution in [3.8, 4) is 0 Å². The second-order valence-electron chi connectivity index (χ2n) is 22.3. The van der Waals surface area contributed by atoms with Crippen LogP contribution < -0.4 is 19.6 Å². The lowest BCUT2D eigenvalue weighted by molar-refractivity contribution is 0.507. The summed E-state index contributed by atoms with van der Waals surface area (Å²) in [4.78, 5) is 9.77. The number of hydrogen-bond acceptors (Lipinski definition) is 4. The molecule has 0 radical (unpaired) electrons. The molecule has 0 atom stereocenters. The molecule has 4 heteroatoms. The van der Waals surface area contributed by atoms with Gasteiger partial charge in [-0.2, -0.15) is 0 Å². The maximum atomic E-state index is 2.46. The Hall–Kier alpha value is -9.38. The van der Waals surface area contributed by atoms with Crippen LogP contribution in [0.5, 0.6) is 0 Å². The van der Waals surface area contributed by atoms with E-state index in [1.807, 2.05) is 0 Å². The first-order valence-corrected chi connectivity index (χ1v) is 28.3. The summed E-state index contributed by atoms with van der Waals surface area (Å²) in [5, 5.41) is 7.03. The van der Waals surface area contributed by atoms with Gasteiger partial charge in [-0.05, 0) is 179 Å². The van der Waals surface area contributed by atoms with Crippen LogP contribution >= 0.6 is 0 Å². The zero-order valence-electron chi connectivity index (χ0n) is 46.8. The third kappa shape index (κ3) is 9.83. The molecule has 12 aromatic carbocycles. The van der Waals surface area contributed by atoms with E-state index in [1.165, 1.54) is 38.1 Å². The summed E-state index contributed by atoms with van der Waals surface area (Å²) in [6.07, 6.45) is 1.98. The molecule has 12 aromatic rings. The lowest BCUT2D eigenvalue weighted by Crippen LogP contribution is -2.18. The summed E-state index contributed by atoms with van der Waals surface area (Å²) in [5.41, 5.74) is 15.7. The van der Waals surface area contributed by atoms with Crippen LogP contribution in [0.2, 0.25) is 0 Å². The van der Waals surface area contributed by atoms with Crippen molar-refractivity contribution in [2.75, 3.05) is 19.6 Å². The van der Waals surface area contributed by atoms with E-state index in [1.54, 1.807) is 0 Å². The maximum Gasteiger partial charge on any atom is 0.0543 e. The predicted molar refractivity (Wildman–Crippen MR) is 344 cm³/mol. The van der Waals surface area contributed by atoms with E-state index in [9.17, 15) is 0 Å². The van der Waals surface area contributed by atoms with E-state index >= 15 is 0 Å². The molecule has 0 N–H and O–H groups in total. The lowest BCUT2D eigenvalue weighted by atomic mass is 9.80. The molecular weight excluding hydrogens is 969 g/mol. The zero-order valence-corrected chi connectivity index (χ0v) is 46.8. The Morgan fingerprint density at radius 3 is 0.812 bits per heavy atom. The fourth-order valence-corrected chi connectivity index (χ4v) is 11.3. The van der Waals surface area contributed by atoms with Gasteiger partial charge in [-0.15, -0.1) is 0 Å². The standard InChI is InChI=1S/C76H68N4/c1-7-75(3,4)57-51-69-67(73(53-57)77(59-29-15-9-16-30-59)60-31-17-10-18-32-60)41-27-43-71(69)79(63-37-23-13-24-38-63)65-47-45-55-46-48-66(50-56(55)49-65)80(64-39-25-14-26-40-64)72-44-28-42-68-70(72)52-58(76(5,6)8-2)54-74(68)78(61-33-19-11-20-34-61)62-35-21-12-22-36-62/h9-54H,7-8H2,1-6H3. The Balaban J connectivity index is 1.06. The van der Waals surface area contributed by atoms with Crippen LogP contribution in [0, 0.1) is 0 Å². The second kappa shape index (κ2) is 21.8. The number of para-hydroxylation sites is 6. The highest BCUT2D eigenvalue weighted by atomic mass is 15.2. The van der Waals surface area contributed by atoms with Crippen molar-refractivity contribution >= 4 is 101 Å². The smallest absolute Gasteiger partial charge is 0.0543 e. The van der Waals surface area contributed by atoms with E-state index in [0.29, 0.717) is 0 Å². The highest BCUT2D eigenvalue weighted by molar-refractivity contribution is 6.10. The molecule has 0 aliphatic carbocycles. The maximum absolute atomic E-state index is 2.46. The lowest BCUT2D eigenvalue weighted by Gasteiger charge is -2.33. The molecule has 4 nitrogen and oxygen atoms in total. The Bertz CT molecular complexity index is 3740. The summed E-state index contributed by atoms with van der Waals surface area (Å²) >= 11 is 0. The fraction of sp³-hybridized carbons (Fsp3) is 0.132. The Morgan fingerprint density at radius 2 is 0.525 bits per heavy atom. The summed E-state index contributed by atoms with van der Waals surface area (Å²) < 4.78 is 0. The van der Waals surface area contributed by atoms with Crippen LogP contribution in [-0.4, -0.2) is 0 Å². The largest absolute Gasteiger partial charge is 0.310 e. The quantitative estimate of drug-likeness (QED) is 0.0956. The van der Waals surface area contributed by atoms with E-state index in [-0.39, 0.29) is 10.8 Å². The Labute approximate surface area is 473 Å². The number of rotatable bonds is 16. The predicted octanol–water partition coefficient (Wildman–Crippen LogP) is 22.4. The first kappa shape index (κ1) is 51.4. The van der Waals surface area contributed by atoms with Gasteiger partial charge in [0.05, 0.1) is 22.7 Å². The second-order valence-corrected chi connectivity index (χ2v) is 22.3. The van der Waals surface area contributed by atoms with Gasteiger partial charge < -0.3 is 19.6 Å². The first-order valence-electron chi connectivity index (χ1n) is 28.3. The molecule has 392 valence electrons. The molecule has 0 saturated heterocycles. The van der Waals surface area contributed by atoms with Crippen molar-refractivity contribution in [3.63, 3.8) is 0 Å². The third-order valence-electron chi connectivity index (χ3n) is 16.6. The van der Waals surface area contributed by atoms with Crippen molar-refractivity contribution in [1.82, 2.24) is 0 Å². The monoisotopic (exact) mass is 1040 g/mol. The number of benzene rings is 12. The van der Waals surface area contributed by atoms with E-state index < -0.39 is 0 Å². The molecule has 80 heavy (non-hydrogen) atoms. The van der Waals surface area contributed by atoms with Crippen LogP contribution in [0.1, 0.15) is 65.5 Å². The van der Waals surface area contributed by atoms with E-state index in [4.69, 9.17) is 0 Å². The van der Waals surface area contributed by atoms with Crippen molar-refractivity contribution in [1.29, 1.82) is 0 Å². The molecule has 0 aliphatic rings. The highest BCUT2D eigenvalue weighted by Gasteiger charge is 2.28. The topological polar surface area (TPSA) is 13.0 Å². The summed E-state index contributed by atoms with van der Waals surface area (Å²) in [6.45, 7) is 14.1. The molecule has 0 amide bonds. The normalized spacial score (nSPS) is 11.7. The molecule has 0 saturated carbocycles. The van der Waals surface area contributed by atoms with Gasteiger partial charge in [0.1, 0.15) is 0 Å². The van der Waals surface area contributed by atoms with E-state index in [2.05, 4.69) is 340 Å². The first-order chi connectivity index (χ1) is 39.1. The summed E-state index contributed by atoms with van der Waals surface area (Å²) in [6, 6.07) is 102. The minimum absolute atomic E-state index is 0.0980. The molecule has 0 spiro atoms. The van der Waals surface area contributed by atoms with Crippen LogP contribution in [0.3, 0.4) is 0 Å². The van der Waals surface area contributed by atoms with Gasteiger partial charge in [-0.1, -0.05) is 187 Å². The fourth-order valence-electron chi connectivity index (χ4n) is 11.3. The van der Waals surface area contributed by atoms with Gasteiger partial charge >= 0.3 is 0 Å². The van der Waals surface area contributed by atoms with Crippen LogP contribution in [0.4, 0.5) is 68.2 Å². The summed E-state index contributed by atoms with van der Waals surface area (Å²) in [5.74, 6) is 0. The highest BCUT2D eigenvalue weighted by Crippen LogP contribution is 2.50. The molecule has 0 bridgehead atoms. The Kier molecular flexibility index (Phi) is 14.0. The van der Waals surface area contributed by atoms with Gasteiger partial charge in [0.25, 0.3) is 0 Å². The number of hydrogen-bond donors (Lipinski definition) is 0. The number of nitrogens with zero attached hydrogens (tertiary/aromatic N) is 4. The van der Waals surface area contributed by atoms with Gasteiger partial charge in [0.2, 0.25) is 0 Å². The van der Waals surface area contributed by atoms with Crippen LogP contribution in [0.25, 0.3) is 32.3 Å². The van der Waals surface area contributed by atoms with Gasteiger partial charge in [-0.3, -0.25) is 0 Å². The molecule has 12 rings (SSSR count). The van der Waals surface area contributed by atoms with Crippen LogP contribution in [-0.2, 0) is 10.8 Å². The molecule has 0 heterocycles. The minimum Gasteiger partial charge on any atom is -0.310 e. The number of anilines is 12. The molecule has 0 fully saturated rings.